The van der Waals surface area contributed by atoms with Gasteiger partial charge in [0.05, 0.1) is 13.2 Å². The van der Waals surface area contributed by atoms with Crippen molar-refractivity contribution in [2.24, 2.45) is 0 Å². The fraction of sp³-hybridized carbons (Fsp3) is 0.476. The van der Waals surface area contributed by atoms with Crippen LogP contribution in [0.25, 0.3) is 0 Å². The second kappa shape index (κ2) is 8.14. The zero-order valence-electron chi connectivity index (χ0n) is 16.3. The van der Waals surface area contributed by atoms with E-state index in [1.807, 2.05) is 42.2 Å². The molecule has 4 heterocycles. The number of carbonyl (C=O) groups excluding carboxylic acids is 1. The Morgan fingerprint density at radius 1 is 1.32 bits per heavy atom. The van der Waals surface area contributed by atoms with Gasteiger partial charge in [0.15, 0.2) is 11.6 Å². The van der Waals surface area contributed by atoms with Gasteiger partial charge in [-0.2, -0.15) is 0 Å². The Morgan fingerprint density at radius 3 is 2.89 bits per heavy atom. The van der Waals surface area contributed by atoms with E-state index in [4.69, 9.17) is 4.74 Å². The van der Waals surface area contributed by atoms with Crippen molar-refractivity contribution < 1.29 is 14.6 Å². The third-order valence-corrected chi connectivity index (χ3v) is 5.48. The van der Waals surface area contributed by atoms with E-state index in [1.165, 1.54) is 6.42 Å². The van der Waals surface area contributed by atoms with E-state index in [0.717, 1.165) is 43.0 Å². The predicted molar refractivity (Wildman–Crippen MR) is 108 cm³/mol. The first-order valence-electron chi connectivity index (χ1n) is 10.0. The molecule has 0 aromatic carbocycles. The number of nitrogens with zero attached hydrogens (tertiary/aromatic N) is 2. The highest BCUT2D eigenvalue weighted by Crippen LogP contribution is 2.34. The summed E-state index contributed by atoms with van der Waals surface area (Å²) < 4.78 is 5.82. The van der Waals surface area contributed by atoms with E-state index in [2.05, 4.69) is 15.2 Å². The van der Waals surface area contributed by atoms with Crippen LogP contribution in [-0.4, -0.2) is 59.9 Å². The lowest BCUT2D eigenvalue weighted by atomic mass is 10.1. The van der Waals surface area contributed by atoms with E-state index < -0.39 is 0 Å². The van der Waals surface area contributed by atoms with E-state index in [-0.39, 0.29) is 18.7 Å². The zero-order valence-corrected chi connectivity index (χ0v) is 16.3. The first-order valence-corrected chi connectivity index (χ1v) is 10.0. The van der Waals surface area contributed by atoms with Gasteiger partial charge in [-0.3, -0.25) is 4.79 Å². The first kappa shape index (κ1) is 18.7. The summed E-state index contributed by atoms with van der Waals surface area (Å²) in [5.74, 6) is 1.58. The highest BCUT2D eigenvalue weighted by Gasteiger charge is 2.30. The highest BCUT2D eigenvalue weighted by atomic mass is 16.5. The molecule has 3 aliphatic rings. The lowest BCUT2D eigenvalue weighted by Gasteiger charge is -2.37. The van der Waals surface area contributed by atoms with Gasteiger partial charge in [-0.1, -0.05) is 12.2 Å². The van der Waals surface area contributed by atoms with Crippen molar-refractivity contribution in [3.63, 3.8) is 0 Å². The SMILES string of the molecule is C/C=C/C1=C(CO)C=CC(N2CCOc3cc(C(=O)N4CCCCC4)[nH]c32)N1. The van der Waals surface area contributed by atoms with Crippen molar-refractivity contribution in [2.75, 3.05) is 37.7 Å². The zero-order chi connectivity index (χ0) is 19.5. The van der Waals surface area contributed by atoms with Crippen molar-refractivity contribution in [3.05, 3.63) is 47.3 Å². The van der Waals surface area contributed by atoms with Crippen LogP contribution in [0.4, 0.5) is 5.82 Å². The van der Waals surface area contributed by atoms with Crippen molar-refractivity contribution in [2.45, 2.75) is 32.4 Å². The second-order valence-corrected chi connectivity index (χ2v) is 7.34. The fourth-order valence-corrected chi connectivity index (χ4v) is 4.01. The number of allylic oxidation sites excluding steroid dienone is 2. The van der Waals surface area contributed by atoms with Crippen LogP contribution in [0.15, 0.2) is 41.6 Å². The second-order valence-electron chi connectivity index (χ2n) is 7.34. The van der Waals surface area contributed by atoms with Gasteiger partial charge in [0, 0.05) is 30.4 Å². The summed E-state index contributed by atoms with van der Waals surface area (Å²) in [6, 6.07) is 1.83. The number of dihydropyridines is 1. The van der Waals surface area contributed by atoms with Gasteiger partial charge in [-0.15, -0.1) is 0 Å². The quantitative estimate of drug-likeness (QED) is 0.741. The molecule has 3 N–H and O–H groups in total. The Bertz CT molecular complexity index is 818. The minimum Gasteiger partial charge on any atom is -0.488 e. The number of likely N-dealkylation sites (tertiary alicyclic amines) is 1. The summed E-state index contributed by atoms with van der Waals surface area (Å²) in [4.78, 5) is 20.3. The Balaban J connectivity index is 1.56. The molecule has 150 valence electrons. The number of aliphatic hydroxyl groups excluding tert-OH is 1. The molecule has 0 bridgehead atoms. The topological polar surface area (TPSA) is 80.8 Å². The maximum atomic E-state index is 12.9. The molecule has 0 spiro atoms. The van der Waals surface area contributed by atoms with Gasteiger partial charge in [-0.05, 0) is 38.3 Å². The number of piperidine rings is 1. The van der Waals surface area contributed by atoms with E-state index >= 15 is 0 Å². The Morgan fingerprint density at radius 2 is 2.14 bits per heavy atom. The van der Waals surface area contributed by atoms with Crippen LogP contribution in [0.2, 0.25) is 0 Å². The molecule has 0 radical (unpaired) electrons. The number of rotatable bonds is 4. The Kier molecular flexibility index (Phi) is 5.43. The lowest BCUT2D eigenvalue weighted by Crippen LogP contribution is -2.49. The Labute approximate surface area is 165 Å². The standard InChI is InChI=1S/C21H28N4O3/c1-2-6-16-15(14-26)7-8-19(22-16)25-11-12-28-18-13-17(23-20(18)25)21(27)24-9-4-3-5-10-24/h2,6-8,13,19,22-23,26H,3-5,9-12,14H2,1H3/b6-2+. The molecule has 0 saturated carbocycles. The molecule has 1 amide bonds. The number of anilines is 1. The largest absolute Gasteiger partial charge is 0.488 e. The van der Waals surface area contributed by atoms with Gasteiger partial charge in [0.25, 0.3) is 5.91 Å². The van der Waals surface area contributed by atoms with Gasteiger partial charge in [-0.25, -0.2) is 0 Å². The molecule has 0 aliphatic carbocycles. The van der Waals surface area contributed by atoms with Crippen molar-refractivity contribution in [1.29, 1.82) is 0 Å². The number of nitrogens with one attached hydrogen (secondary N) is 2. The summed E-state index contributed by atoms with van der Waals surface area (Å²) in [5, 5.41) is 13.0. The van der Waals surface area contributed by atoms with E-state index in [1.54, 1.807) is 0 Å². The lowest BCUT2D eigenvalue weighted by molar-refractivity contribution is 0.0719. The molecular formula is C21H28N4O3. The smallest absolute Gasteiger partial charge is 0.270 e. The minimum absolute atomic E-state index is 0.0127. The van der Waals surface area contributed by atoms with E-state index in [9.17, 15) is 9.90 Å². The number of carbonyl (C=O) groups is 1. The van der Waals surface area contributed by atoms with Crippen molar-refractivity contribution in [3.8, 4) is 5.75 Å². The molecule has 4 rings (SSSR count). The summed E-state index contributed by atoms with van der Waals surface area (Å²) in [7, 11) is 0. The molecule has 28 heavy (non-hydrogen) atoms. The molecule has 7 heteroatoms. The number of hydrogen-bond donors (Lipinski definition) is 3. The average molecular weight is 384 g/mol. The van der Waals surface area contributed by atoms with Gasteiger partial charge in [0.1, 0.15) is 18.5 Å². The van der Waals surface area contributed by atoms with Crippen LogP contribution in [0.3, 0.4) is 0 Å². The highest BCUT2D eigenvalue weighted by molar-refractivity contribution is 5.94. The summed E-state index contributed by atoms with van der Waals surface area (Å²) >= 11 is 0. The van der Waals surface area contributed by atoms with Gasteiger partial charge >= 0.3 is 0 Å². The third-order valence-electron chi connectivity index (χ3n) is 5.48. The maximum absolute atomic E-state index is 12.9. The molecule has 1 fully saturated rings. The molecule has 1 unspecified atom stereocenters. The maximum Gasteiger partial charge on any atom is 0.270 e. The van der Waals surface area contributed by atoms with Crippen LogP contribution in [-0.2, 0) is 0 Å². The van der Waals surface area contributed by atoms with E-state index in [0.29, 0.717) is 24.6 Å². The number of aromatic nitrogens is 1. The third kappa shape index (κ3) is 3.54. The minimum atomic E-state index is -0.0826. The summed E-state index contributed by atoms with van der Waals surface area (Å²) in [6.45, 7) is 4.84. The molecule has 1 atom stereocenters. The fourth-order valence-electron chi connectivity index (χ4n) is 4.01. The van der Waals surface area contributed by atoms with Crippen molar-refractivity contribution in [1.82, 2.24) is 15.2 Å². The number of fused-ring (bicyclic) bond motifs is 1. The Hall–Kier alpha value is -2.67. The average Bonchev–Trinajstić information content (AvgIpc) is 3.18. The molecule has 3 aliphatic heterocycles. The predicted octanol–water partition coefficient (Wildman–Crippen LogP) is 2.15. The van der Waals surface area contributed by atoms with Crippen LogP contribution in [0, 0.1) is 0 Å². The van der Waals surface area contributed by atoms with Gasteiger partial charge < -0.3 is 29.9 Å². The number of aromatic amines is 1. The monoisotopic (exact) mass is 384 g/mol. The number of hydrogen-bond acceptors (Lipinski definition) is 5. The normalized spacial score (nSPS) is 22.3. The molecular weight excluding hydrogens is 356 g/mol. The number of aliphatic hydroxyl groups is 1. The summed E-state index contributed by atoms with van der Waals surface area (Å²) in [6.07, 6.45) is 11.1. The van der Waals surface area contributed by atoms with Crippen molar-refractivity contribution >= 4 is 11.7 Å². The molecule has 7 nitrogen and oxygen atoms in total. The van der Waals surface area contributed by atoms with Gasteiger partial charge in [0.2, 0.25) is 0 Å². The number of H-pyrrole nitrogens is 1. The van der Waals surface area contributed by atoms with Crippen LogP contribution in [0.1, 0.15) is 36.7 Å². The van der Waals surface area contributed by atoms with Crippen LogP contribution < -0.4 is 15.0 Å². The molecule has 1 aromatic rings. The summed E-state index contributed by atoms with van der Waals surface area (Å²) in [5.41, 5.74) is 2.34. The first-order chi connectivity index (χ1) is 13.7. The molecule has 1 aromatic heterocycles. The number of ether oxygens (including phenoxy) is 1. The van der Waals surface area contributed by atoms with Crippen LogP contribution >= 0.6 is 0 Å². The molecule has 1 saturated heterocycles. The number of amides is 1. The van der Waals surface area contributed by atoms with Crippen LogP contribution in [0.5, 0.6) is 5.75 Å².